The summed E-state index contributed by atoms with van der Waals surface area (Å²) < 4.78 is 10.5. The van der Waals surface area contributed by atoms with E-state index in [1.54, 1.807) is 25.3 Å². The molecule has 0 aromatic heterocycles. The van der Waals surface area contributed by atoms with E-state index in [-0.39, 0.29) is 35.5 Å². The summed E-state index contributed by atoms with van der Waals surface area (Å²) >= 11 is 0. The molecule has 0 N–H and O–H groups in total. The van der Waals surface area contributed by atoms with Crippen LogP contribution < -0.4 is 14.4 Å². The third kappa shape index (κ3) is 1.59. The zero-order chi connectivity index (χ0) is 15.4. The number of carbonyl (C=O) groups is 2. The van der Waals surface area contributed by atoms with Crippen LogP contribution in [-0.2, 0) is 9.59 Å². The molecule has 4 unspecified atom stereocenters. The number of rotatable bonds is 3. The van der Waals surface area contributed by atoms with E-state index in [9.17, 15) is 9.59 Å². The van der Waals surface area contributed by atoms with E-state index in [2.05, 4.69) is 12.2 Å². The number of ether oxygens (including phenoxy) is 2. The average Bonchev–Trinajstić information content (AvgIpc) is 3.21. The fourth-order valence-corrected chi connectivity index (χ4v) is 4.11. The Labute approximate surface area is 128 Å². The van der Waals surface area contributed by atoms with Crippen LogP contribution in [0.2, 0.25) is 0 Å². The SMILES string of the molecule is COc1ccc(OC)c(N2C(=O)C3C4C=CC(C4)C3C2=O)c1. The minimum Gasteiger partial charge on any atom is -0.497 e. The lowest BCUT2D eigenvalue weighted by Gasteiger charge is -2.20. The molecule has 2 amide bonds. The Kier molecular flexibility index (Phi) is 2.79. The van der Waals surface area contributed by atoms with E-state index in [0.29, 0.717) is 17.2 Å². The van der Waals surface area contributed by atoms with Crippen molar-refractivity contribution < 1.29 is 19.1 Å². The van der Waals surface area contributed by atoms with Gasteiger partial charge < -0.3 is 9.47 Å². The van der Waals surface area contributed by atoms with Crippen LogP contribution in [-0.4, -0.2) is 26.0 Å². The molecule has 4 rings (SSSR count). The second-order valence-corrected chi connectivity index (χ2v) is 6.05. The molecule has 2 bridgehead atoms. The first kappa shape index (κ1) is 13.4. The second kappa shape index (κ2) is 4.60. The van der Waals surface area contributed by atoms with Crippen LogP contribution >= 0.6 is 0 Å². The maximum absolute atomic E-state index is 12.8. The minimum atomic E-state index is -0.210. The Balaban J connectivity index is 1.78. The van der Waals surface area contributed by atoms with Crippen molar-refractivity contribution in [1.29, 1.82) is 0 Å². The van der Waals surface area contributed by atoms with Crippen LogP contribution in [0.15, 0.2) is 30.4 Å². The quantitative estimate of drug-likeness (QED) is 0.633. The molecule has 2 fully saturated rings. The molecule has 5 heteroatoms. The number of amides is 2. The Bertz CT molecular complexity index is 666. The number of hydrogen-bond acceptors (Lipinski definition) is 4. The van der Waals surface area contributed by atoms with Gasteiger partial charge in [0.2, 0.25) is 11.8 Å². The monoisotopic (exact) mass is 299 g/mol. The van der Waals surface area contributed by atoms with Crippen LogP contribution in [0, 0.1) is 23.7 Å². The van der Waals surface area contributed by atoms with Crippen molar-refractivity contribution in [3.63, 3.8) is 0 Å². The summed E-state index contributed by atoms with van der Waals surface area (Å²) in [7, 11) is 3.08. The smallest absolute Gasteiger partial charge is 0.238 e. The third-order valence-electron chi connectivity index (χ3n) is 5.10. The van der Waals surface area contributed by atoms with Gasteiger partial charge in [0.15, 0.2) is 0 Å². The van der Waals surface area contributed by atoms with Crippen molar-refractivity contribution in [1.82, 2.24) is 0 Å². The van der Waals surface area contributed by atoms with Gasteiger partial charge in [0.05, 0.1) is 31.7 Å². The molecule has 2 aliphatic carbocycles. The molecule has 22 heavy (non-hydrogen) atoms. The van der Waals surface area contributed by atoms with Crippen molar-refractivity contribution in [3.05, 3.63) is 30.4 Å². The summed E-state index contributed by atoms with van der Waals surface area (Å²) in [5.41, 5.74) is 0.477. The van der Waals surface area contributed by atoms with Crippen molar-refractivity contribution in [2.45, 2.75) is 6.42 Å². The largest absolute Gasteiger partial charge is 0.497 e. The standard InChI is InChI=1S/C17H17NO4/c1-21-11-5-6-13(22-2)12(8-11)18-16(19)14-9-3-4-10(7-9)15(14)17(18)20/h3-6,8-10,14-15H,7H2,1-2H3. The van der Waals surface area contributed by atoms with Gasteiger partial charge in [0, 0.05) is 6.07 Å². The molecular formula is C17H17NO4. The van der Waals surface area contributed by atoms with Crippen molar-refractivity contribution >= 4 is 17.5 Å². The van der Waals surface area contributed by atoms with Crippen LogP contribution in [0.5, 0.6) is 11.5 Å². The van der Waals surface area contributed by atoms with Crippen LogP contribution in [0.1, 0.15) is 6.42 Å². The number of allylic oxidation sites excluding steroid dienone is 2. The van der Waals surface area contributed by atoms with Gasteiger partial charge in [-0.2, -0.15) is 0 Å². The van der Waals surface area contributed by atoms with E-state index < -0.39 is 0 Å². The lowest BCUT2D eigenvalue weighted by atomic mass is 9.85. The molecule has 1 aromatic rings. The first-order chi connectivity index (χ1) is 10.7. The first-order valence-electron chi connectivity index (χ1n) is 7.44. The zero-order valence-corrected chi connectivity index (χ0v) is 12.5. The fraction of sp³-hybridized carbons (Fsp3) is 0.412. The normalized spacial score (nSPS) is 31.8. The van der Waals surface area contributed by atoms with Gasteiger partial charge in [-0.3, -0.25) is 9.59 Å². The van der Waals surface area contributed by atoms with Crippen molar-refractivity contribution in [2.75, 3.05) is 19.1 Å². The minimum absolute atomic E-state index is 0.113. The lowest BCUT2D eigenvalue weighted by Crippen LogP contribution is -2.33. The number of fused-ring (bicyclic) bond motifs is 5. The summed E-state index contributed by atoms with van der Waals surface area (Å²) in [5, 5.41) is 0. The predicted octanol–water partition coefficient (Wildman–Crippen LogP) is 2.02. The van der Waals surface area contributed by atoms with Gasteiger partial charge in [-0.1, -0.05) is 12.2 Å². The van der Waals surface area contributed by atoms with Crippen LogP contribution in [0.3, 0.4) is 0 Å². The highest BCUT2D eigenvalue weighted by atomic mass is 16.5. The molecule has 5 nitrogen and oxygen atoms in total. The molecule has 3 aliphatic rings. The Hall–Kier alpha value is -2.30. The molecule has 1 saturated heterocycles. The Morgan fingerprint density at radius 1 is 1.00 bits per heavy atom. The van der Waals surface area contributed by atoms with Gasteiger partial charge >= 0.3 is 0 Å². The van der Waals surface area contributed by atoms with E-state index in [1.807, 2.05) is 0 Å². The van der Waals surface area contributed by atoms with E-state index in [0.717, 1.165) is 6.42 Å². The summed E-state index contributed by atoms with van der Waals surface area (Å²) in [4.78, 5) is 27.0. The van der Waals surface area contributed by atoms with E-state index in [1.165, 1.54) is 12.0 Å². The molecule has 1 aromatic carbocycles. The molecule has 114 valence electrons. The number of hydrogen-bond donors (Lipinski definition) is 0. The van der Waals surface area contributed by atoms with E-state index in [4.69, 9.17) is 9.47 Å². The van der Waals surface area contributed by atoms with Gasteiger partial charge in [-0.25, -0.2) is 4.90 Å². The van der Waals surface area contributed by atoms with Gasteiger partial charge in [-0.05, 0) is 30.4 Å². The number of imide groups is 1. The number of anilines is 1. The topological polar surface area (TPSA) is 55.8 Å². The second-order valence-electron chi connectivity index (χ2n) is 6.05. The number of benzene rings is 1. The zero-order valence-electron chi connectivity index (χ0n) is 12.5. The van der Waals surface area contributed by atoms with Crippen LogP contribution in [0.25, 0.3) is 0 Å². The lowest BCUT2D eigenvalue weighted by molar-refractivity contribution is -0.123. The average molecular weight is 299 g/mol. The third-order valence-corrected chi connectivity index (χ3v) is 5.10. The molecule has 1 aliphatic heterocycles. The van der Waals surface area contributed by atoms with E-state index >= 15 is 0 Å². The highest BCUT2D eigenvalue weighted by molar-refractivity contribution is 6.23. The summed E-state index contributed by atoms with van der Waals surface area (Å²) in [5.74, 6) is 0.854. The van der Waals surface area contributed by atoms with Gasteiger partial charge in [0.1, 0.15) is 11.5 Å². The van der Waals surface area contributed by atoms with Crippen molar-refractivity contribution in [3.8, 4) is 11.5 Å². The highest BCUT2D eigenvalue weighted by Crippen LogP contribution is 2.54. The Morgan fingerprint density at radius 3 is 2.18 bits per heavy atom. The summed E-state index contributed by atoms with van der Waals surface area (Å²) in [6, 6.07) is 5.15. The summed E-state index contributed by atoms with van der Waals surface area (Å²) in [6.45, 7) is 0. The first-order valence-corrected chi connectivity index (χ1v) is 7.44. The fourth-order valence-electron chi connectivity index (χ4n) is 4.11. The maximum Gasteiger partial charge on any atom is 0.238 e. The number of nitrogens with zero attached hydrogens (tertiary/aromatic N) is 1. The molecule has 4 atom stereocenters. The number of carbonyl (C=O) groups excluding carboxylic acids is 2. The molecule has 0 radical (unpaired) electrons. The molecule has 0 spiro atoms. The molecule has 1 heterocycles. The van der Waals surface area contributed by atoms with Gasteiger partial charge in [-0.15, -0.1) is 0 Å². The summed E-state index contributed by atoms with van der Waals surface area (Å²) in [6.07, 6.45) is 5.10. The maximum atomic E-state index is 12.8. The predicted molar refractivity (Wildman–Crippen MR) is 79.8 cm³/mol. The Morgan fingerprint density at radius 2 is 1.64 bits per heavy atom. The molecular weight excluding hydrogens is 282 g/mol. The molecule has 1 saturated carbocycles. The van der Waals surface area contributed by atoms with Gasteiger partial charge in [0.25, 0.3) is 0 Å². The van der Waals surface area contributed by atoms with Crippen molar-refractivity contribution in [2.24, 2.45) is 23.7 Å². The number of methoxy groups -OCH3 is 2. The highest BCUT2D eigenvalue weighted by Gasteiger charge is 2.59. The van der Waals surface area contributed by atoms with Crippen LogP contribution in [0.4, 0.5) is 5.69 Å².